The molecule has 2 N–H and O–H groups in total. The molecular weight excluding hydrogens is 362 g/mol. The van der Waals surface area contributed by atoms with E-state index >= 15 is 0 Å². The quantitative estimate of drug-likeness (QED) is 0.590. The van der Waals surface area contributed by atoms with Crippen LogP contribution in [0.25, 0.3) is 0 Å². The Kier molecular flexibility index (Phi) is 5.94. The van der Waals surface area contributed by atoms with Crippen molar-refractivity contribution < 1.29 is 9.53 Å². The zero-order valence-corrected chi connectivity index (χ0v) is 15.8. The zero-order chi connectivity index (χ0) is 19.2. The second-order valence-corrected chi connectivity index (χ2v) is 6.56. The van der Waals surface area contributed by atoms with E-state index < -0.39 is 0 Å². The summed E-state index contributed by atoms with van der Waals surface area (Å²) in [7, 11) is 0. The van der Waals surface area contributed by atoms with E-state index in [4.69, 9.17) is 16.3 Å². The summed E-state index contributed by atoms with van der Waals surface area (Å²) in [6, 6.07) is 18.2. The molecule has 0 aliphatic heterocycles. The lowest BCUT2D eigenvalue weighted by atomic mass is 10.2. The van der Waals surface area contributed by atoms with Gasteiger partial charge >= 0.3 is 0 Å². The van der Waals surface area contributed by atoms with Gasteiger partial charge < -0.3 is 15.4 Å². The molecule has 0 atom stereocenters. The lowest BCUT2D eigenvalue weighted by Crippen LogP contribution is -2.14. The summed E-state index contributed by atoms with van der Waals surface area (Å²) in [6.07, 6.45) is 1.53. The summed E-state index contributed by atoms with van der Waals surface area (Å²) in [4.78, 5) is 16.8. The minimum atomic E-state index is -0.258. The van der Waals surface area contributed by atoms with E-state index in [2.05, 4.69) is 15.6 Å². The smallest absolute Gasteiger partial charge is 0.257 e. The Bertz CT molecular complexity index is 927. The van der Waals surface area contributed by atoms with Crippen molar-refractivity contribution in [3.8, 4) is 5.75 Å². The summed E-state index contributed by atoms with van der Waals surface area (Å²) >= 11 is 6.13. The van der Waals surface area contributed by atoms with Gasteiger partial charge in [-0.1, -0.05) is 35.9 Å². The Morgan fingerprint density at radius 1 is 1.00 bits per heavy atom. The van der Waals surface area contributed by atoms with E-state index in [0.717, 1.165) is 5.69 Å². The van der Waals surface area contributed by atoms with E-state index in [0.29, 0.717) is 27.8 Å². The second-order valence-electron chi connectivity index (χ2n) is 6.15. The monoisotopic (exact) mass is 381 g/mol. The number of pyridine rings is 1. The fourth-order valence-corrected chi connectivity index (χ4v) is 2.61. The standard InChI is InChI=1S/C21H20ClN3O2/c1-14(2)27-19-10-6-5-9-18(19)25-21(26)15-11-12-20(23-13-15)24-17-8-4-3-7-16(17)22/h3-14H,1-2H3,(H,23,24)(H,25,26). The molecule has 3 aromatic rings. The molecule has 0 radical (unpaired) electrons. The summed E-state index contributed by atoms with van der Waals surface area (Å²) in [5, 5.41) is 6.59. The van der Waals surface area contributed by atoms with Crippen LogP contribution in [-0.4, -0.2) is 17.0 Å². The Balaban J connectivity index is 1.70. The van der Waals surface area contributed by atoms with Crippen molar-refractivity contribution in [2.75, 3.05) is 10.6 Å². The molecule has 0 aliphatic rings. The summed E-state index contributed by atoms with van der Waals surface area (Å²) in [5.41, 5.74) is 1.82. The third-order valence-electron chi connectivity index (χ3n) is 3.66. The van der Waals surface area contributed by atoms with Crippen molar-refractivity contribution >= 4 is 34.7 Å². The fraction of sp³-hybridized carbons (Fsp3) is 0.143. The largest absolute Gasteiger partial charge is 0.489 e. The number of carbonyl (C=O) groups is 1. The molecule has 1 amide bonds. The Labute approximate surface area is 163 Å². The highest BCUT2D eigenvalue weighted by Gasteiger charge is 2.11. The van der Waals surface area contributed by atoms with Crippen LogP contribution in [0.15, 0.2) is 66.9 Å². The highest BCUT2D eigenvalue weighted by Crippen LogP contribution is 2.26. The topological polar surface area (TPSA) is 63.2 Å². The Morgan fingerprint density at radius 2 is 1.70 bits per heavy atom. The number of amides is 1. The van der Waals surface area contributed by atoms with E-state index in [9.17, 15) is 4.79 Å². The lowest BCUT2D eigenvalue weighted by Gasteiger charge is -2.14. The molecule has 6 heteroatoms. The normalized spacial score (nSPS) is 10.5. The number of para-hydroxylation sites is 3. The summed E-state index contributed by atoms with van der Waals surface area (Å²) in [5.74, 6) is 0.973. The predicted octanol–water partition coefficient (Wildman–Crippen LogP) is 5.52. The first-order valence-electron chi connectivity index (χ1n) is 8.57. The third kappa shape index (κ3) is 4.99. The summed E-state index contributed by atoms with van der Waals surface area (Å²) < 4.78 is 5.73. The van der Waals surface area contributed by atoms with Crippen LogP contribution in [-0.2, 0) is 0 Å². The van der Waals surface area contributed by atoms with Crippen molar-refractivity contribution in [1.82, 2.24) is 4.98 Å². The highest BCUT2D eigenvalue weighted by molar-refractivity contribution is 6.33. The molecule has 2 aromatic carbocycles. The van der Waals surface area contributed by atoms with Gasteiger partial charge in [-0.25, -0.2) is 4.98 Å². The molecular formula is C21H20ClN3O2. The van der Waals surface area contributed by atoms with Gasteiger partial charge in [0.25, 0.3) is 5.91 Å². The van der Waals surface area contributed by atoms with Crippen molar-refractivity contribution in [3.05, 3.63) is 77.4 Å². The molecule has 1 heterocycles. The number of hydrogen-bond donors (Lipinski definition) is 2. The molecule has 0 saturated carbocycles. The van der Waals surface area contributed by atoms with Gasteiger partial charge in [0.05, 0.1) is 28.1 Å². The summed E-state index contributed by atoms with van der Waals surface area (Å²) in [6.45, 7) is 3.88. The van der Waals surface area contributed by atoms with Gasteiger partial charge in [-0.15, -0.1) is 0 Å². The average molecular weight is 382 g/mol. The molecule has 5 nitrogen and oxygen atoms in total. The average Bonchev–Trinajstić information content (AvgIpc) is 2.65. The number of carbonyl (C=O) groups excluding carboxylic acids is 1. The molecule has 0 aliphatic carbocycles. The van der Waals surface area contributed by atoms with E-state index in [-0.39, 0.29) is 12.0 Å². The van der Waals surface area contributed by atoms with Crippen LogP contribution in [0.3, 0.4) is 0 Å². The molecule has 27 heavy (non-hydrogen) atoms. The SMILES string of the molecule is CC(C)Oc1ccccc1NC(=O)c1ccc(Nc2ccccc2Cl)nc1. The van der Waals surface area contributed by atoms with Gasteiger partial charge in [-0.2, -0.15) is 0 Å². The lowest BCUT2D eigenvalue weighted by molar-refractivity contribution is 0.102. The van der Waals surface area contributed by atoms with Crippen molar-refractivity contribution in [2.24, 2.45) is 0 Å². The number of hydrogen-bond acceptors (Lipinski definition) is 4. The first-order valence-corrected chi connectivity index (χ1v) is 8.95. The van der Waals surface area contributed by atoms with Crippen LogP contribution in [0, 0.1) is 0 Å². The number of anilines is 3. The van der Waals surface area contributed by atoms with Crippen LogP contribution in [0.1, 0.15) is 24.2 Å². The fourth-order valence-electron chi connectivity index (χ4n) is 2.42. The number of nitrogens with one attached hydrogen (secondary N) is 2. The molecule has 138 valence electrons. The van der Waals surface area contributed by atoms with Gasteiger partial charge in [0.2, 0.25) is 0 Å². The number of nitrogens with zero attached hydrogens (tertiary/aromatic N) is 1. The van der Waals surface area contributed by atoms with Crippen LogP contribution in [0.5, 0.6) is 5.75 Å². The van der Waals surface area contributed by atoms with Gasteiger partial charge in [0.1, 0.15) is 11.6 Å². The minimum absolute atomic E-state index is 0.0138. The maximum Gasteiger partial charge on any atom is 0.257 e. The second kappa shape index (κ2) is 8.56. The minimum Gasteiger partial charge on any atom is -0.489 e. The van der Waals surface area contributed by atoms with Gasteiger partial charge in [0.15, 0.2) is 0 Å². The highest BCUT2D eigenvalue weighted by atomic mass is 35.5. The van der Waals surface area contributed by atoms with E-state index in [1.54, 1.807) is 24.3 Å². The molecule has 0 unspecified atom stereocenters. The van der Waals surface area contributed by atoms with Crippen molar-refractivity contribution in [1.29, 1.82) is 0 Å². The molecule has 1 aromatic heterocycles. The van der Waals surface area contributed by atoms with Gasteiger partial charge in [-0.3, -0.25) is 4.79 Å². The number of aromatic nitrogens is 1. The maximum absolute atomic E-state index is 12.5. The third-order valence-corrected chi connectivity index (χ3v) is 3.99. The zero-order valence-electron chi connectivity index (χ0n) is 15.1. The number of rotatable bonds is 6. The number of benzene rings is 2. The molecule has 0 saturated heterocycles. The Hall–Kier alpha value is -3.05. The Morgan fingerprint density at radius 3 is 2.37 bits per heavy atom. The van der Waals surface area contributed by atoms with Crippen LogP contribution < -0.4 is 15.4 Å². The molecule has 0 spiro atoms. The van der Waals surface area contributed by atoms with Gasteiger partial charge in [-0.05, 0) is 50.2 Å². The number of ether oxygens (including phenoxy) is 1. The maximum atomic E-state index is 12.5. The van der Waals surface area contributed by atoms with Crippen molar-refractivity contribution in [3.63, 3.8) is 0 Å². The van der Waals surface area contributed by atoms with Crippen LogP contribution >= 0.6 is 11.6 Å². The first-order chi connectivity index (χ1) is 13.0. The van der Waals surface area contributed by atoms with Crippen molar-refractivity contribution in [2.45, 2.75) is 20.0 Å². The van der Waals surface area contributed by atoms with E-state index in [1.165, 1.54) is 6.20 Å². The molecule has 0 bridgehead atoms. The van der Waals surface area contributed by atoms with Crippen LogP contribution in [0.4, 0.5) is 17.2 Å². The van der Waals surface area contributed by atoms with Crippen LogP contribution in [0.2, 0.25) is 5.02 Å². The first kappa shape index (κ1) is 18.7. The predicted molar refractivity (Wildman–Crippen MR) is 109 cm³/mol. The van der Waals surface area contributed by atoms with Gasteiger partial charge in [0, 0.05) is 6.20 Å². The molecule has 0 fully saturated rings. The number of halogens is 1. The van der Waals surface area contributed by atoms with E-state index in [1.807, 2.05) is 50.2 Å². The molecule has 3 rings (SSSR count).